The topological polar surface area (TPSA) is 66.0 Å². The number of aromatic nitrogens is 1. The quantitative estimate of drug-likeness (QED) is 0.726. The van der Waals surface area contributed by atoms with Crippen molar-refractivity contribution >= 4 is 23.2 Å². The van der Waals surface area contributed by atoms with Crippen molar-refractivity contribution in [3.63, 3.8) is 0 Å². The number of amides is 2. The zero-order valence-corrected chi connectivity index (χ0v) is 16.7. The van der Waals surface area contributed by atoms with Gasteiger partial charge in [0, 0.05) is 39.4 Å². The van der Waals surface area contributed by atoms with Crippen molar-refractivity contribution in [1.29, 1.82) is 0 Å². The number of likely N-dealkylation sites (N-methyl/N-ethyl adjacent to an activating group) is 1. The molecule has 1 fully saturated rings. The first-order valence-corrected chi connectivity index (χ1v) is 9.81. The Hall–Kier alpha value is -3.35. The van der Waals surface area contributed by atoms with Gasteiger partial charge in [0.2, 0.25) is 0 Å². The first kappa shape index (κ1) is 19.0. The molecular formula is C22H24N4O3. The fourth-order valence-corrected chi connectivity index (χ4v) is 3.77. The highest BCUT2D eigenvalue weighted by Gasteiger charge is 2.40. The number of rotatable bonds is 5. The third-order valence-corrected chi connectivity index (χ3v) is 5.29. The molecule has 4 rings (SSSR count). The fourth-order valence-electron chi connectivity index (χ4n) is 3.77. The van der Waals surface area contributed by atoms with Crippen LogP contribution >= 0.6 is 0 Å². The highest BCUT2D eigenvalue weighted by atomic mass is 16.5. The first-order valence-electron chi connectivity index (χ1n) is 9.81. The molecule has 2 aromatic rings. The second-order valence-electron chi connectivity index (χ2n) is 7.01. The maximum atomic E-state index is 12.9. The Morgan fingerprint density at radius 1 is 0.931 bits per heavy atom. The van der Waals surface area contributed by atoms with Gasteiger partial charge in [0.05, 0.1) is 12.2 Å². The standard InChI is InChI=1S/C22H24N4O3/c1-3-29-17-9-7-16(8-10-17)19-20(22(28)24(2)21(19)27)26-14-12-25(13-15-26)18-6-4-5-11-23-18/h4-11H,3,12-15H2,1-2H3. The third kappa shape index (κ3) is 3.55. The van der Waals surface area contributed by atoms with Crippen LogP contribution in [0.5, 0.6) is 5.75 Å². The first-order chi connectivity index (χ1) is 14.1. The number of hydrogen-bond acceptors (Lipinski definition) is 6. The molecule has 0 spiro atoms. The van der Waals surface area contributed by atoms with Crippen LogP contribution in [0.4, 0.5) is 5.82 Å². The Morgan fingerprint density at radius 3 is 2.24 bits per heavy atom. The average molecular weight is 392 g/mol. The summed E-state index contributed by atoms with van der Waals surface area (Å²) in [6.45, 7) is 5.28. The van der Waals surface area contributed by atoms with Gasteiger partial charge in [-0.05, 0) is 36.8 Å². The molecule has 2 aliphatic heterocycles. The van der Waals surface area contributed by atoms with E-state index in [-0.39, 0.29) is 11.8 Å². The molecule has 2 aliphatic rings. The molecule has 3 heterocycles. The molecule has 0 atom stereocenters. The molecule has 0 bridgehead atoms. The largest absolute Gasteiger partial charge is 0.494 e. The van der Waals surface area contributed by atoms with E-state index in [0.29, 0.717) is 31.0 Å². The van der Waals surface area contributed by atoms with Gasteiger partial charge < -0.3 is 14.5 Å². The minimum Gasteiger partial charge on any atom is -0.494 e. The van der Waals surface area contributed by atoms with Crippen LogP contribution in [-0.4, -0.2) is 66.4 Å². The van der Waals surface area contributed by atoms with Crippen molar-refractivity contribution in [2.45, 2.75) is 6.92 Å². The Labute approximate surface area is 170 Å². The lowest BCUT2D eigenvalue weighted by atomic mass is 10.0. The van der Waals surface area contributed by atoms with Crippen LogP contribution < -0.4 is 9.64 Å². The van der Waals surface area contributed by atoms with Crippen molar-refractivity contribution in [2.24, 2.45) is 0 Å². The van der Waals surface area contributed by atoms with Crippen LogP contribution in [0.3, 0.4) is 0 Å². The molecule has 1 saturated heterocycles. The fraction of sp³-hybridized carbons (Fsp3) is 0.318. The number of nitrogens with zero attached hydrogens (tertiary/aromatic N) is 4. The lowest BCUT2D eigenvalue weighted by Crippen LogP contribution is -2.47. The molecule has 7 heteroatoms. The van der Waals surface area contributed by atoms with Crippen LogP contribution in [0.1, 0.15) is 12.5 Å². The predicted octanol–water partition coefficient (Wildman–Crippen LogP) is 2.01. The number of hydrogen-bond donors (Lipinski definition) is 0. The van der Waals surface area contributed by atoms with Gasteiger partial charge in [-0.1, -0.05) is 18.2 Å². The summed E-state index contributed by atoms with van der Waals surface area (Å²) in [5, 5.41) is 0. The molecule has 0 radical (unpaired) electrons. The number of carbonyl (C=O) groups is 2. The second-order valence-corrected chi connectivity index (χ2v) is 7.01. The van der Waals surface area contributed by atoms with E-state index in [2.05, 4.69) is 9.88 Å². The molecule has 1 aromatic carbocycles. The maximum absolute atomic E-state index is 12.9. The second kappa shape index (κ2) is 7.95. The van der Waals surface area contributed by atoms with Gasteiger partial charge in [-0.2, -0.15) is 0 Å². The van der Waals surface area contributed by atoms with Gasteiger partial charge in [-0.25, -0.2) is 4.98 Å². The van der Waals surface area contributed by atoms with Crippen LogP contribution in [0.25, 0.3) is 5.57 Å². The van der Waals surface area contributed by atoms with E-state index < -0.39 is 0 Å². The molecule has 0 N–H and O–H groups in total. The number of pyridine rings is 1. The van der Waals surface area contributed by atoms with E-state index in [1.807, 2.05) is 54.3 Å². The zero-order chi connectivity index (χ0) is 20.4. The van der Waals surface area contributed by atoms with Gasteiger partial charge in [0.25, 0.3) is 11.8 Å². The van der Waals surface area contributed by atoms with Crippen molar-refractivity contribution < 1.29 is 14.3 Å². The highest BCUT2D eigenvalue weighted by Crippen LogP contribution is 2.32. The van der Waals surface area contributed by atoms with Crippen molar-refractivity contribution in [1.82, 2.24) is 14.8 Å². The minimum absolute atomic E-state index is 0.245. The summed E-state index contributed by atoms with van der Waals surface area (Å²) in [7, 11) is 1.54. The molecule has 29 heavy (non-hydrogen) atoms. The van der Waals surface area contributed by atoms with E-state index in [1.165, 1.54) is 11.9 Å². The van der Waals surface area contributed by atoms with Crippen molar-refractivity contribution in [3.05, 3.63) is 59.9 Å². The molecule has 1 aromatic heterocycles. The van der Waals surface area contributed by atoms with Crippen LogP contribution in [0.15, 0.2) is 54.4 Å². The van der Waals surface area contributed by atoms with Gasteiger partial charge in [0.1, 0.15) is 17.3 Å². The predicted molar refractivity (Wildman–Crippen MR) is 110 cm³/mol. The minimum atomic E-state index is -0.263. The normalized spacial score (nSPS) is 17.4. The molecule has 150 valence electrons. The summed E-state index contributed by atoms with van der Waals surface area (Å²) < 4.78 is 5.49. The number of anilines is 1. The number of benzene rings is 1. The molecule has 0 unspecified atom stereocenters. The Bertz CT molecular complexity index is 932. The molecule has 2 amide bonds. The van der Waals surface area contributed by atoms with Crippen molar-refractivity contribution in [2.75, 3.05) is 44.7 Å². The zero-order valence-electron chi connectivity index (χ0n) is 16.7. The number of piperazine rings is 1. The van der Waals surface area contributed by atoms with Crippen molar-refractivity contribution in [3.8, 4) is 5.75 Å². The third-order valence-electron chi connectivity index (χ3n) is 5.29. The van der Waals surface area contributed by atoms with Crippen LogP contribution in [0, 0.1) is 0 Å². The average Bonchev–Trinajstić information content (AvgIpc) is 2.99. The van der Waals surface area contributed by atoms with E-state index in [1.54, 1.807) is 6.20 Å². The molecule has 7 nitrogen and oxygen atoms in total. The number of ether oxygens (including phenoxy) is 1. The van der Waals surface area contributed by atoms with Gasteiger partial charge in [-0.3, -0.25) is 14.5 Å². The van der Waals surface area contributed by atoms with E-state index >= 15 is 0 Å². The van der Waals surface area contributed by atoms with E-state index in [4.69, 9.17) is 4.74 Å². The maximum Gasteiger partial charge on any atom is 0.277 e. The highest BCUT2D eigenvalue weighted by molar-refractivity contribution is 6.35. The smallest absolute Gasteiger partial charge is 0.277 e. The number of imide groups is 1. The molecular weight excluding hydrogens is 368 g/mol. The lowest BCUT2D eigenvalue weighted by Gasteiger charge is -2.37. The molecule has 0 saturated carbocycles. The van der Waals surface area contributed by atoms with Gasteiger partial charge in [-0.15, -0.1) is 0 Å². The van der Waals surface area contributed by atoms with E-state index in [9.17, 15) is 9.59 Å². The summed E-state index contributed by atoms with van der Waals surface area (Å²) >= 11 is 0. The summed E-state index contributed by atoms with van der Waals surface area (Å²) in [6.07, 6.45) is 1.78. The van der Waals surface area contributed by atoms with Gasteiger partial charge >= 0.3 is 0 Å². The summed E-state index contributed by atoms with van der Waals surface area (Å²) in [6, 6.07) is 13.2. The Kier molecular flexibility index (Phi) is 5.20. The lowest BCUT2D eigenvalue weighted by molar-refractivity contribution is -0.135. The van der Waals surface area contributed by atoms with Crippen LogP contribution in [-0.2, 0) is 9.59 Å². The van der Waals surface area contributed by atoms with E-state index in [0.717, 1.165) is 30.2 Å². The summed E-state index contributed by atoms with van der Waals surface area (Å²) in [4.78, 5) is 35.5. The van der Waals surface area contributed by atoms with Gasteiger partial charge in [0.15, 0.2) is 0 Å². The molecule has 0 aliphatic carbocycles. The Balaban J connectivity index is 1.60. The van der Waals surface area contributed by atoms with Crippen LogP contribution in [0.2, 0.25) is 0 Å². The number of carbonyl (C=O) groups excluding carboxylic acids is 2. The monoisotopic (exact) mass is 392 g/mol. The summed E-state index contributed by atoms with van der Waals surface area (Å²) in [5.74, 6) is 1.16. The Morgan fingerprint density at radius 2 is 1.62 bits per heavy atom. The summed E-state index contributed by atoms with van der Waals surface area (Å²) in [5.41, 5.74) is 1.69. The SMILES string of the molecule is CCOc1ccc(C2=C(N3CCN(c4ccccn4)CC3)C(=O)N(C)C2=O)cc1.